The molecule has 3 rings (SSSR count). The van der Waals surface area contributed by atoms with E-state index in [9.17, 15) is 10.4 Å². The van der Waals surface area contributed by atoms with Crippen LogP contribution in [0.5, 0.6) is 5.75 Å². The molecule has 5 nitrogen and oxygen atoms in total. The Kier molecular flexibility index (Phi) is 5.95. The second kappa shape index (κ2) is 8.56. The van der Waals surface area contributed by atoms with E-state index in [0.29, 0.717) is 17.9 Å². The summed E-state index contributed by atoms with van der Waals surface area (Å²) >= 11 is 1.56. The number of rotatable bonds is 7. The molecule has 0 bridgehead atoms. The van der Waals surface area contributed by atoms with Gasteiger partial charge in [0.1, 0.15) is 5.75 Å². The van der Waals surface area contributed by atoms with E-state index in [1.807, 2.05) is 53.1 Å². The minimum absolute atomic E-state index is 0.0709. The monoisotopic (exact) mass is 365 g/mol. The van der Waals surface area contributed by atoms with Gasteiger partial charge in [0.15, 0.2) is 5.16 Å². The zero-order valence-corrected chi connectivity index (χ0v) is 15.2. The first-order valence-electron chi connectivity index (χ1n) is 8.14. The van der Waals surface area contributed by atoms with Crippen LogP contribution in [-0.2, 0) is 18.9 Å². The van der Waals surface area contributed by atoms with Gasteiger partial charge in [0.05, 0.1) is 37.2 Å². The Morgan fingerprint density at radius 2 is 1.96 bits per heavy atom. The smallest absolute Gasteiger partial charge is 0.168 e. The Labute approximate surface area is 156 Å². The Hall–Kier alpha value is -2.75. The predicted molar refractivity (Wildman–Crippen MR) is 101 cm³/mol. The topological polar surface area (TPSA) is 71.1 Å². The highest BCUT2D eigenvalue weighted by Crippen LogP contribution is 2.26. The van der Waals surface area contributed by atoms with Crippen molar-refractivity contribution < 1.29 is 9.84 Å². The van der Waals surface area contributed by atoms with Gasteiger partial charge in [0.2, 0.25) is 0 Å². The number of nitrogens with zero attached hydrogens (tertiary/aromatic N) is 3. The third-order valence-corrected chi connectivity index (χ3v) is 5.10. The molecule has 132 valence electrons. The molecule has 0 fully saturated rings. The Morgan fingerprint density at radius 1 is 1.19 bits per heavy atom. The van der Waals surface area contributed by atoms with Crippen LogP contribution in [0.15, 0.2) is 59.9 Å². The molecule has 2 aromatic carbocycles. The average Bonchev–Trinajstić information content (AvgIpc) is 3.08. The van der Waals surface area contributed by atoms with Gasteiger partial charge >= 0.3 is 0 Å². The van der Waals surface area contributed by atoms with Crippen molar-refractivity contribution in [1.29, 1.82) is 5.26 Å². The zero-order valence-electron chi connectivity index (χ0n) is 14.4. The van der Waals surface area contributed by atoms with E-state index in [2.05, 4.69) is 11.1 Å². The number of imidazole rings is 1. The van der Waals surface area contributed by atoms with Gasteiger partial charge in [-0.2, -0.15) is 5.26 Å². The number of aromatic nitrogens is 2. The van der Waals surface area contributed by atoms with Crippen LogP contribution < -0.4 is 4.74 Å². The largest absolute Gasteiger partial charge is 0.497 e. The van der Waals surface area contributed by atoms with Crippen LogP contribution >= 0.6 is 11.8 Å². The molecule has 0 saturated carbocycles. The molecule has 3 aromatic rings. The van der Waals surface area contributed by atoms with Crippen LogP contribution in [0.25, 0.3) is 0 Å². The van der Waals surface area contributed by atoms with Gasteiger partial charge in [0.25, 0.3) is 0 Å². The highest BCUT2D eigenvalue weighted by molar-refractivity contribution is 7.98. The number of hydrogen-bond acceptors (Lipinski definition) is 5. The molecule has 26 heavy (non-hydrogen) atoms. The van der Waals surface area contributed by atoms with Crippen molar-refractivity contribution in [3.8, 4) is 11.8 Å². The first-order valence-corrected chi connectivity index (χ1v) is 9.12. The van der Waals surface area contributed by atoms with Crippen molar-refractivity contribution in [2.45, 2.75) is 24.1 Å². The van der Waals surface area contributed by atoms with E-state index in [1.165, 1.54) is 0 Å². The van der Waals surface area contributed by atoms with Crippen molar-refractivity contribution in [3.63, 3.8) is 0 Å². The Bertz CT molecular complexity index is 914. The van der Waals surface area contributed by atoms with Crippen molar-refractivity contribution in [1.82, 2.24) is 9.55 Å². The number of aliphatic hydroxyl groups excluding tert-OH is 1. The molecular formula is C20H19N3O2S. The summed E-state index contributed by atoms with van der Waals surface area (Å²) in [5.74, 6) is 1.46. The van der Waals surface area contributed by atoms with Crippen LogP contribution in [-0.4, -0.2) is 21.8 Å². The molecule has 0 aliphatic heterocycles. The van der Waals surface area contributed by atoms with E-state index in [0.717, 1.165) is 27.7 Å². The molecule has 0 saturated heterocycles. The molecule has 0 aliphatic rings. The summed E-state index contributed by atoms with van der Waals surface area (Å²) in [6.07, 6.45) is 1.70. The molecule has 1 N–H and O–H groups in total. The lowest BCUT2D eigenvalue weighted by Gasteiger charge is -2.11. The quantitative estimate of drug-likeness (QED) is 0.648. The maximum absolute atomic E-state index is 9.63. The Balaban J connectivity index is 1.79. The van der Waals surface area contributed by atoms with Crippen molar-refractivity contribution in [2.24, 2.45) is 0 Å². The van der Waals surface area contributed by atoms with Crippen LogP contribution in [0.4, 0.5) is 0 Å². The number of aliphatic hydroxyl groups is 1. The summed E-state index contributed by atoms with van der Waals surface area (Å²) in [4.78, 5) is 4.45. The third kappa shape index (κ3) is 4.07. The number of benzene rings is 2. The highest BCUT2D eigenvalue weighted by atomic mass is 32.2. The van der Waals surface area contributed by atoms with Gasteiger partial charge < -0.3 is 14.4 Å². The first-order chi connectivity index (χ1) is 12.7. The second-order valence-electron chi connectivity index (χ2n) is 5.68. The highest BCUT2D eigenvalue weighted by Gasteiger charge is 2.12. The van der Waals surface area contributed by atoms with Crippen molar-refractivity contribution in [3.05, 3.63) is 77.1 Å². The molecule has 1 aromatic heterocycles. The maximum atomic E-state index is 9.63. The standard InChI is InChI=1S/C20H19N3O2S/c1-25-19-8-6-15(7-9-19)12-23-18(13-24)11-22-20(23)26-14-17-5-3-2-4-16(17)10-21/h2-9,11,24H,12-14H2,1H3. The predicted octanol–water partition coefficient (Wildman–Crippen LogP) is 3.60. The molecule has 0 atom stereocenters. The Morgan fingerprint density at radius 3 is 2.65 bits per heavy atom. The summed E-state index contributed by atoms with van der Waals surface area (Å²) < 4.78 is 7.19. The van der Waals surface area contributed by atoms with Gasteiger partial charge in [-0.3, -0.25) is 0 Å². The van der Waals surface area contributed by atoms with E-state index in [-0.39, 0.29) is 6.61 Å². The molecular weight excluding hydrogens is 346 g/mol. The van der Waals surface area contributed by atoms with Crippen LogP contribution in [0, 0.1) is 11.3 Å². The molecule has 0 radical (unpaired) electrons. The fourth-order valence-corrected chi connectivity index (χ4v) is 3.61. The van der Waals surface area contributed by atoms with Crippen LogP contribution in [0.1, 0.15) is 22.4 Å². The normalized spacial score (nSPS) is 10.5. The average molecular weight is 365 g/mol. The van der Waals surface area contributed by atoms with Gasteiger partial charge in [-0.25, -0.2) is 4.98 Å². The molecule has 1 heterocycles. The van der Waals surface area contributed by atoms with Crippen molar-refractivity contribution >= 4 is 11.8 Å². The van der Waals surface area contributed by atoms with E-state index in [1.54, 1.807) is 25.1 Å². The first kappa shape index (κ1) is 18.1. The van der Waals surface area contributed by atoms with Crippen molar-refractivity contribution in [2.75, 3.05) is 7.11 Å². The van der Waals surface area contributed by atoms with Gasteiger partial charge in [-0.15, -0.1) is 0 Å². The minimum atomic E-state index is -0.0709. The molecule has 6 heteroatoms. The second-order valence-corrected chi connectivity index (χ2v) is 6.62. The van der Waals surface area contributed by atoms with Gasteiger partial charge in [-0.1, -0.05) is 42.1 Å². The number of methoxy groups -OCH3 is 1. The van der Waals surface area contributed by atoms with Gasteiger partial charge in [0, 0.05) is 12.3 Å². The van der Waals surface area contributed by atoms with Crippen LogP contribution in [0.2, 0.25) is 0 Å². The molecule has 0 unspecified atom stereocenters. The number of ether oxygens (including phenoxy) is 1. The SMILES string of the molecule is COc1ccc(Cn2c(CO)cnc2SCc2ccccc2C#N)cc1. The summed E-state index contributed by atoms with van der Waals surface area (Å²) in [6.45, 7) is 0.542. The number of nitriles is 1. The number of hydrogen-bond donors (Lipinski definition) is 1. The van der Waals surface area contributed by atoms with Gasteiger partial charge in [-0.05, 0) is 29.3 Å². The summed E-state index contributed by atoms with van der Waals surface area (Å²) in [5.41, 5.74) is 3.51. The summed E-state index contributed by atoms with van der Waals surface area (Å²) in [5, 5.41) is 19.7. The molecule has 0 aliphatic carbocycles. The number of thioether (sulfide) groups is 1. The summed E-state index contributed by atoms with van der Waals surface area (Å²) in [6, 6.07) is 17.6. The maximum Gasteiger partial charge on any atom is 0.168 e. The lowest BCUT2D eigenvalue weighted by atomic mass is 10.1. The van der Waals surface area contributed by atoms with E-state index in [4.69, 9.17) is 4.74 Å². The lowest BCUT2D eigenvalue weighted by Crippen LogP contribution is -2.06. The van der Waals surface area contributed by atoms with Crippen LogP contribution in [0.3, 0.4) is 0 Å². The fraction of sp³-hybridized carbons (Fsp3) is 0.200. The third-order valence-electron chi connectivity index (χ3n) is 4.06. The molecule has 0 spiro atoms. The lowest BCUT2D eigenvalue weighted by molar-refractivity contribution is 0.270. The minimum Gasteiger partial charge on any atom is -0.497 e. The van der Waals surface area contributed by atoms with E-state index < -0.39 is 0 Å². The zero-order chi connectivity index (χ0) is 18.4. The molecule has 0 amide bonds. The van der Waals surface area contributed by atoms with E-state index >= 15 is 0 Å². The fourth-order valence-electron chi connectivity index (χ4n) is 2.61. The summed E-state index contributed by atoms with van der Waals surface area (Å²) in [7, 11) is 1.64.